The second-order valence-electron chi connectivity index (χ2n) is 4.97. The summed E-state index contributed by atoms with van der Waals surface area (Å²) in [6, 6.07) is 0. The molecule has 0 saturated carbocycles. The van der Waals surface area contributed by atoms with Crippen LogP contribution in [-0.4, -0.2) is 53.4 Å². The van der Waals surface area contributed by atoms with Crippen molar-refractivity contribution in [2.24, 2.45) is 11.8 Å². The maximum Gasteiger partial charge on any atom is 0.198 e. The molecular formula is C11H19IN2O. The lowest BCUT2D eigenvalue weighted by atomic mass is 9.93. The maximum atomic E-state index is 11.1. The molecule has 2 heterocycles. The molecule has 2 fully saturated rings. The summed E-state index contributed by atoms with van der Waals surface area (Å²) < 4.78 is 0.340. The van der Waals surface area contributed by atoms with Crippen LogP contribution in [0.4, 0.5) is 0 Å². The standard InChI is InChI=1S/C11H19IN2O/c1-13-4-2-9(3-5-13)6-14-7-10(8-14)11(12)15/h9-10H,2-8H2,1H3. The van der Waals surface area contributed by atoms with E-state index in [-0.39, 0.29) is 0 Å². The molecule has 3 nitrogen and oxygen atoms in total. The van der Waals surface area contributed by atoms with Crippen LogP contribution in [0.25, 0.3) is 0 Å². The third kappa shape index (κ3) is 3.14. The Morgan fingerprint density at radius 2 is 1.93 bits per heavy atom. The van der Waals surface area contributed by atoms with Crippen LogP contribution < -0.4 is 0 Å². The number of carbonyl (C=O) groups is 1. The Morgan fingerprint density at radius 3 is 2.47 bits per heavy atom. The highest BCUT2D eigenvalue weighted by atomic mass is 127. The van der Waals surface area contributed by atoms with Gasteiger partial charge in [0.2, 0.25) is 0 Å². The number of hydrogen-bond acceptors (Lipinski definition) is 3. The van der Waals surface area contributed by atoms with Gasteiger partial charge in [-0.05, 0) is 61.5 Å². The van der Waals surface area contributed by atoms with E-state index in [4.69, 9.17) is 0 Å². The van der Waals surface area contributed by atoms with Crippen LogP contribution in [-0.2, 0) is 4.79 Å². The number of rotatable bonds is 3. The molecule has 0 aromatic heterocycles. The van der Waals surface area contributed by atoms with E-state index in [9.17, 15) is 4.79 Å². The summed E-state index contributed by atoms with van der Waals surface area (Å²) in [5.41, 5.74) is 0. The Labute approximate surface area is 105 Å². The first-order valence-electron chi connectivity index (χ1n) is 5.75. The minimum atomic E-state index is 0.330. The average Bonchev–Trinajstić information content (AvgIpc) is 2.13. The zero-order chi connectivity index (χ0) is 10.8. The SMILES string of the molecule is CN1CCC(CN2CC(C(=O)I)C2)CC1. The molecule has 0 bridgehead atoms. The first-order valence-corrected chi connectivity index (χ1v) is 6.83. The molecule has 4 heteroatoms. The second kappa shape index (κ2) is 5.10. The molecule has 2 rings (SSSR count). The van der Waals surface area contributed by atoms with Crippen molar-refractivity contribution in [3.63, 3.8) is 0 Å². The van der Waals surface area contributed by atoms with Crippen molar-refractivity contribution in [1.82, 2.24) is 9.80 Å². The molecule has 15 heavy (non-hydrogen) atoms. The molecule has 0 atom stereocenters. The van der Waals surface area contributed by atoms with E-state index in [0.717, 1.165) is 19.0 Å². The topological polar surface area (TPSA) is 23.6 Å². The summed E-state index contributed by atoms with van der Waals surface area (Å²) in [4.78, 5) is 15.9. The van der Waals surface area contributed by atoms with Crippen molar-refractivity contribution in [3.05, 3.63) is 0 Å². The lowest BCUT2D eigenvalue weighted by Crippen LogP contribution is -2.51. The van der Waals surface area contributed by atoms with Crippen molar-refractivity contribution >= 4 is 26.4 Å². The van der Waals surface area contributed by atoms with Crippen molar-refractivity contribution in [2.75, 3.05) is 39.8 Å². The van der Waals surface area contributed by atoms with E-state index >= 15 is 0 Å². The van der Waals surface area contributed by atoms with Crippen molar-refractivity contribution in [2.45, 2.75) is 12.8 Å². The summed E-state index contributed by atoms with van der Waals surface area (Å²) in [7, 11) is 2.20. The fourth-order valence-corrected chi connectivity index (χ4v) is 2.87. The van der Waals surface area contributed by atoms with Gasteiger partial charge >= 0.3 is 0 Å². The predicted octanol–water partition coefficient (Wildman–Crippen LogP) is 1.22. The van der Waals surface area contributed by atoms with Gasteiger partial charge in [-0.15, -0.1) is 0 Å². The second-order valence-corrected chi connectivity index (χ2v) is 6.03. The molecule has 0 radical (unpaired) electrons. The smallest absolute Gasteiger partial charge is 0.198 e. The molecule has 2 aliphatic rings. The molecular weight excluding hydrogens is 303 g/mol. The number of halogens is 1. The minimum Gasteiger partial charge on any atom is -0.306 e. The summed E-state index contributed by atoms with van der Waals surface area (Å²) in [6.45, 7) is 5.72. The van der Waals surface area contributed by atoms with Gasteiger partial charge in [-0.3, -0.25) is 4.79 Å². The van der Waals surface area contributed by atoms with Gasteiger partial charge < -0.3 is 9.80 Å². The Bertz CT molecular complexity index is 233. The lowest BCUT2D eigenvalue weighted by Gasteiger charge is -2.41. The molecule has 0 unspecified atom stereocenters. The normalized spacial score (nSPS) is 26.5. The van der Waals surface area contributed by atoms with Crippen molar-refractivity contribution in [1.29, 1.82) is 0 Å². The minimum absolute atomic E-state index is 0.330. The summed E-state index contributed by atoms with van der Waals surface area (Å²) >= 11 is 1.93. The van der Waals surface area contributed by atoms with Gasteiger partial charge in [0.15, 0.2) is 3.79 Å². The largest absolute Gasteiger partial charge is 0.306 e. The zero-order valence-corrected chi connectivity index (χ0v) is 11.4. The Hall–Kier alpha value is 0.320. The van der Waals surface area contributed by atoms with E-state index in [0.29, 0.717) is 9.71 Å². The van der Waals surface area contributed by atoms with Crippen LogP contribution in [0.3, 0.4) is 0 Å². The highest BCUT2D eigenvalue weighted by molar-refractivity contribution is 14.1. The number of piperidine rings is 1. The number of likely N-dealkylation sites (tertiary alicyclic amines) is 2. The fourth-order valence-electron chi connectivity index (χ4n) is 2.47. The summed E-state index contributed by atoms with van der Waals surface area (Å²) in [5.74, 6) is 1.20. The molecule has 0 spiro atoms. The zero-order valence-electron chi connectivity index (χ0n) is 9.29. The summed E-state index contributed by atoms with van der Waals surface area (Å²) in [6.07, 6.45) is 2.66. The summed E-state index contributed by atoms with van der Waals surface area (Å²) in [5, 5.41) is 0. The molecule has 0 aromatic carbocycles. The van der Waals surface area contributed by atoms with Crippen LogP contribution in [0.2, 0.25) is 0 Å². The molecule has 2 aliphatic heterocycles. The number of nitrogens with zero attached hydrogens (tertiary/aromatic N) is 2. The molecule has 0 aliphatic carbocycles. The van der Waals surface area contributed by atoms with E-state index in [2.05, 4.69) is 16.8 Å². The van der Waals surface area contributed by atoms with Crippen LogP contribution in [0, 0.1) is 11.8 Å². The third-order valence-electron chi connectivity index (χ3n) is 3.63. The third-order valence-corrected chi connectivity index (χ3v) is 4.51. The molecule has 0 aromatic rings. The first-order chi connectivity index (χ1) is 7.15. The Kier molecular flexibility index (Phi) is 4.01. The average molecular weight is 322 g/mol. The van der Waals surface area contributed by atoms with Gasteiger partial charge in [0.25, 0.3) is 0 Å². The van der Waals surface area contributed by atoms with E-state index in [1.54, 1.807) is 0 Å². The van der Waals surface area contributed by atoms with E-state index in [1.807, 2.05) is 22.6 Å². The van der Waals surface area contributed by atoms with Gasteiger partial charge in [-0.1, -0.05) is 0 Å². The van der Waals surface area contributed by atoms with E-state index in [1.165, 1.54) is 32.5 Å². The number of hydrogen-bond donors (Lipinski definition) is 0. The van der Waals surface area contributed by atoms with Gasteiger partial charge in [0.05, 0.1) is 5.92 Å². The highest BCUT2D eigenvalue weighted by Crippen LogP contribution is 2.24. The highest BCUT2D eigenvalue weighted by Gasteiger charge is 2.32. The van der Waals surface area contributed by atoms with Gasteiger partial charge in [0.1, 0.15) is 0 Å². The van der Waals surface area contributed by atoms with Crippen molar-refractivity contribution in [3.8, 4) is 0 Å². The van der Waals surface area contributed by atoms with E-state index < -0.39 is 0 Å². The van der Waals surface area contributed by atoms with Crippen LogP contribution >= 0.6 is 22.6 Å². The van der Waals surface area contributed by atoms with Crippen LogP contribution in [0.1, 0.15) is 12.8 Å². The predicted molar refractivity (Wildman–Crippen MR) is 69.2 cm³/mol. The molecule has 0 N–H and O–H groups in total. The quantitative estimate of drug-likeness (QED) is 0.577. The van der Waals surface area contributed by atoms with Crippen molar-refractivity contribution < 1.29 is 4.79 Å². The number of carbonyl (C=O) groups excluding carboxylic acids is 1. The fraction of sp³-hybridized carbons (Fsp3) is 0.909. The molecule has 2 saturated heterocycles. The first kappa shape index (κ1) is 11.8. The Morgan fingerprint density at radius 1 is 1.33 bits per heavy atom. The van der Waals surface area contributed by atoms with Gasteiger partial charge in [-0.25, -0.2) is 0 Å². The maximum absolute atomic E-state index is 11.1. The Balaban J connectivity index is 1.65. The van der Waals surface area contributed by atoms with Crippen LogP contribution in [0.15, 0.2) is 0 Å². The van der Waals surface area contributed by atoms with Gasteiger partial charge in [0, 0.05) is 19.6 Å². The monoisotopic (exact) mass is 322 g/mol. The van der Waals surface area contributed by atoms with Crippen LogP contribution in [0.5, 0.6) is 0 Å². The van der Waals surface area contributed by atoms with Gasteiger partial charge in [-0.2, -0.15) is 0 Å². The lowest BCUT2D eigenvalue weighted by molar-refractivity contribution is -0.117. The molecule has 0 amide bonds. The molecule has 86 valence electrons.